The van der Waals surface area contributed by atoms with E-state index in [1.807, 2.05) is 18.2 Å². The van der Waals surface area contributed by atoms with Gasteiger partial charge in [0.25, 0.3) is 0 Å². The summed E-state index contributed by atoms with van der Waals surface area (Å²) in [5.41, 5.74) is 0.801. The molecular formula is C10H8O4. The van der Waals surface area contributed by atoms with E-state index in [1.165, 1.54) is 6.08 Å². The van der Waals surface area contributed by atoms with E-state index in [9.17, 15) is 9.59 Å². The summed E-state index contributed by atoms with van der Waals surface area (Å²) in [6, 6.07) is 9.02. The van der Waals surface area contributed by atoms with Crippen molar-refractivity contribution < 1.29 is 19.4 Å². The SMILES string of the molecule is O=C(O)OC(=O)/C=C/c1ccccc1. The number of carbonyl (C=O) groups is 2. The van der Waals surface area contributed by atoms with E-state index < -0.39 is 12.1 Å². The highest BCUT2D eigenvalue weighted by Crippen LogP contribution is 2.00. The average molecular weight is 192 g/mol. The van der Waals surface area contributed by atoms with Crippen LogP contribution in [0.5, 0.6) is 0 Å². The topological polar surface area (TPSA) is 63.6 Å². The summed E-state index contributed by atoms with van der Waals surface area (Å²) in [7, 11) is 0. The Kier molecular flexibility index (Phi) is 3.43. The lowest BCUT2D eigenvalue weighted by atomic mass is 10.2. The zero-order valence-electron chi connectivity index (χ0n) is 7.21. The highest BCUT2D eigenvalue weighted by molar-refractivity contribution is 5.92. The minimum atomic E-state index is -1.60. The van der Waals surface area contributed by atoms with E-state index in [0.29, 0.717) is 0 Å². The molecule has 0 aliphatic rings. The smallest absolute Gasteiger partial charge is 0.449 e. The third-order valence-electron chi connectivity index (χ3n) is 1.40. The van der Waals surface area contributed by atoms with Gasteiger partial charge in [0.05, 0.1) is 0 Å². The van der Waals surface area contributed by atoms with Crippen LogP contribution < -0.4 is 0 Å². The van der Waals surface area contributed by atoms with Gasteiger partial charge < -0.3 is 9.84 Å². The van der Waals surface area contributed by atoms with Crippen molar-refractivity contribution in [2.24, 2.45) is 0 Å². The van der Waals surface area contributed by atoms with Crippen molar-refractivity contribution >= 4 is 18.2 Å². The molecular weight excluding hydrogens is 184 g/mol. The number of carbonyl (C=O) groups excluding carboxylic acids is 1. The molecule has 4 heteroatoms. The molecule has 0 saturated heterocycles. The maximum atomic E-state index is 10.7. The van der Waals surface area contributed by atoms with E-state index in [1.54, 1.807) is 12.1 Å². The molecule has 0 spiro atoms. The van der Waals surface area contributed by atoms with Crippen LogP contribution in [0.2, 0.25) is 0 Å². The molecule has 0 fully saturated rings. The second kappa shape index (κ2) is 4.81. The Balaban J connectivity index is 2.56. The van der Waals surface area contributed by atoms with Gasteiger partial charge in [0.15, 0.2) is 0 Å². The Morgan fingerprint density at radius 3 is 2.43 bits per heavy atom. The summed E-state index contributed by atoms with van der Waals surface area (Å²) in [5, 5.41) is 8.10. The standard InChI is InChI=1S/C10H8O4/c11-9(14-10(12)13)7-6-8-4-2-1-3-5-8/h1-7H,(H,12,13)/b7-6+. The summed E-state index contributed by atoms with van der Waals surface area (Å²) in [6.07, 6.45) is 0.932. The minimum Gasteiger partial charge on any atom is -0.449 e. The molecule has 0 atom stereocenters. The fourth-order valence-electron chi connectivity index (χ4n) is 0.848. The molecule has 0 aliphatic carbocycles. The third kappa shape index (κ3) is 3.53. The van der Waals surface area contributed by atoms with Crippen molar-refractivity contribution in [2.45, 2.75) is 0 Å². The van der Waals surface area contributed by atoms with Crippen molar-refractivity contribution in [1.82, 2.24) is 0 Å². The molecule has 0 bridgehead atoms. The first-order valence-corrected chi connectivity index (χ1v) is 3.86. The summed E-state index contributed by atoms with van der Waals surface area (Å²) in [6.45, 7) is 0. The molecule has 0 heterocycles. The maximum Gasteiger partial charge on any atom is 0.513 e. The first kappa shape index (κ1) is 9.98. The summed E-state index contributed by atoms with van der Waals surface area (Å²) in [5.74, 6) is -0.902. The van der Waals surface area contributed by atoms with Crippen LogP contribution in [0.4, 0.5) is 4.79 Å². The lowest BCUT2D eigenvalue weighted by Gasteiger charge is -1.92. The number of ether oxygens (including phenoxy) is 1. The van der Waals surface area contributed by atoms with Crippen LogP contribution in [0.1, 0.15) is 5.56 Å². The fourth-order valence-corrected chi connectivity index (χ4v) is 0.848. The van der Waals surface area contributed by atoms with Crippen LogP contribution in [0, 0.1) is 0 Å². The predicted octanol–water partition coefficient (Wildman–Crippen LogP) is 1.92. The maximum absolute atomic E-state index is 10.7. The molecule has 0 amide bonds. The van der Waals surface area contributed by atoms with E-state index in [-0.39, 0.29) is 0 Å². The second-order valence-corrected chi connectivity index (χ2v) is 2.43. The Hall–Kier alpha value is -2.10. The first-order chi connectivity index (χ1) is 6.68. The van der Waals surface area contributed by atoms with Crippen molar-refractivity contribution in [3.63, 3.8) is 0 Å². The van der Waals surface area contributed by atoms with E-state index in [0.717, 1.165) is 11.6 Å². The van der Waals surface area contributed by atoms with Gasteiger partial charge in [0.2, 0.25) is 0 Å². The molecule has 72 valence electrons. The van der Waals surface area contributed by atoms with Gasteiger partial charge in [0.1, 0.15) is 0 Å². The van der Waals surface area contributed by atoms with Crippen molar-refractivity contribution in [3.8, 4) is 0 Å². The van der Waals surface area contributed by atoms with Gasteiger partial charge in [-0.25, -0.2) is 9.59 Å². The zero-order valence-corrected chi connectivity index (χ0v) is 7.21. The first-order valence-electron chi connectivity index (χ1n) is 3.86. The van der Waals surface area contributed by atoms with Gasteiger partial charge in [-0.05, 0) is 11.6 Å². The zero-order chi connectivity index (χ0) is 10.4. The number of benzene rings is 1. The van der Waals surface area contributed by atoms with Crippen LogP contribution in [-0.2, 0) is 9.53 Å². The quantitative estimate of drug-likeness (QED) is 0.441. The normalized spacial score (nSPS) is 10.0. The second-order valence-electron chi connectivity index (χ2n) is 2.43. The van der Waals surface area contributed by atoms with Gasteiger partial charge in [-0.1, -0.05) is 30.3 Å². The van der Waals surface area contributed by atoms with E-state index in [4.69, 9.17) is 5.11 Å². The van der Waals surface area contributed by atoms with Gasteiger partial charge in [-0.2, -0.15) is 0 Å². The highest BCUT2D eigenvalue weighted by Gasteiger charge is 2.02. The molecule has 0 radical (unpaired) electrons. The largest absolute Gasteiger partial charge is 0.513 e. The molecule has 1 aromatic rings. The molecule has 1 aromatic carbocycles. The molecule has 0 unspecified atom stereocenters. The van der Waals surface area contributed by atoms with E-state index in [2.05, 4.69) is 4.74 Å². The minimum absolute atomic E-state index is 0.801. The van der Waals surface area contributed by atoms with Crippen molar-refractivity contribution in [2.75, 3.05) is 0 Å². The lowest BCUT2D eigenvalue weighted by Crippen LogP contribution is -2.06. The van der Waals surface area contributed by atoms with Gasteiger partial charge in [-0.15, -0.1) is 0 Å². The Morgan fingerprint density at radius 2 is 1.86 bits per heavy atom. The van der Waals surface area contributed by atoms with Crippen LogP contribution in [0.15, 0.2) is 36.4 Å². The number of hydrogen-bond donors (Lipinski definition) is 1. The Bertz CT molecular complexity index is 354. The number of carboxylic acid groups (broad SMARTS) is 1. The molecule has 0 aliphatic heterocycles. The van der Waals surface area contributed by atoms with Crippen LogP contribution in [-0.4, -0.2) is 17.2 Å². The van der Waals surface area contributed by atoms with Crippen LogP contribution in [0.3, 0.4) is 0 Å². The predicted molar refractivity (Wildman–Crippen MR) is 49.6 cm³/mol. The molecule has 1 N–H and O–H groups in total. The molecule has 1 rings (SSSR count). The average Bonchev–Trinajstić information content (AvgIpc) is 2.15. The van der Waals surface area contributed by atoms with Gasteiger partial charge in [-0.3, -0.25) is 0 Å². The van der Waals surface area contributed by atoms with Crippen molar-refractivity contribution in [3.05, 3.63) is 42.0 Å². The highest BCUT2D eigenvalue weighted by atomic mass is 16.7. The number of hydrogen-bond acceptors (Lipinski definition) is 3. The van der Waals surface area contributed by atoms with Crippen LogP contribution >= 0.6 is 0 Å². The third-order valence-corrected chi connectivity index (χ3v) is 1.40. The van der Waals surface area contributed by atoms with Gasteiger partial charge in [0, 0.05) is 6.08 Å². The Labute approximate surface area is 80.4 Å². The fraction of sp³-hybridized carbons (Fsp3) is 0. The number of rotatable bonds is 2. The molecule has 0 saturated carbocycles. The number of esters is 1. The molecule has 0 aromatic heterocycles. The molecule has 14 heavy (non-hydrogen) atoms. The summed E-state index contributed by atoms with van der Waals surface area (Å²) >= 11 is 0. The Morgan fingerprint density at radius 1 is 1.21 bits per heavy atom. The molecule has 4 nitrogen and oxygen atoms in total. The summed E-state index contributed by atoms with van der Waals surface area (Å²) in [4.78, 5) is 20.7. The van der Waals surface area contributed by atoms with E-state index >= 15 is 0 Å². The van der Waals surface area contributed by atoms with Gasteiger partial charge >= 0.3 is 12.1 Å². The van der Waals surface area contributed by atoms with Crippen LogP contribution in [0.25, 0.3) is 6.08 Å². The summed E-state index contributed by atoms with van der Waals surface area (Å²) < 4.78 is 3.86. The van der Waals surface area contributed by atoms with Crippen molar-refractivity contribution in [1.29, 1.82) is 0 Å². The lowest BCUT2D eigenvalue weighted by molar-refractivity contribution is -0.133. The monoisotopic (exact) mass is 192 g/mol.